The topological polar surface area (TPSA) is 61.2 Å². The molecule has 4 aromatic rings. The van der Waals surface area contributed by atoms with Crippen LogP contribution in [0.25, 0.3) is 11.5 Å². The molecule has 6 nitrogen and oxygen atoms in total. The van der Waals surface area contributed by atoms with Crippen LogP contribution in [-0.4, -0.2) is 17.7 Å². The van der Waals surface area contributed by atoms with E-state index in [0.29, 0.717) is 21.3 Å². The Morgan fingerprint density at radius 1 is 1.03 bits per heavy atom. The van der Waals surface area contributed by atoms with Crippen molar-refractivity contribution in [1.29, 1.82) is 0 Å². The summed E-state index contributed by atoms with van der Waals surface area (Å²) in [5.74, 6) is 2.16. The van der Waals surface area contributed by atoms with Gasteiger partial charge < -0.3 is 13.9 Å². The zero-order valence-corrected chi connectivity index (χ0v) is 16.6. The van der Waals surface area contributed by atoms with Gasteiger partial charge in [-0.2, -0.15) is 5.10 Å². The summed E-state index contributed by atoms with van der Waals surface area (Å²) in [6.45, 7) is 0.238. The van der Waals surface area contributed by atoms with E-state index in [1.54, 1.807) is 17.2 Å². The molecular formula is C21H14ClN3O3S. The van der Waals surface area contributed by atoms with Crippen LogP contribution >= 0.6 is 22.9 Å². The largest absolute Gasteiger partial charge is 0.463 e. The van der Waals surface area contributed by atoms with Gasteiger partial charge in [0.2, 0.25) is 11.6 Å². The molecule has 0 spiro atoms. The van der Waals surface area contributed by atoms with Crippen LogP contribution in [0.15, 0.2) is 80.8 Å². The van der Waals surface area contributed by atoms with Crippen molar-refractivity contribution in [2.45, 2.75) is 0 Å². The van der Waals surface area contributed by atoms with Crippen molar-refractivity contribution < 1.29 is 13.9 Å². The number of aromatic nitrogens is 1. The minimum atomic E-state index is 0.238. The van der Waals surface area contributed by atoms with E-state index in [4.69, 9.17) is 30.5 Å². The first kappa shape index (κ1) is 17.8. The molecule has 0 saturated heterocycles. The maximum absolute atomic E-state index is 5.98. The van der Waals surface area contributed by atoms with Gasteiger partial charge in [-0.3, -0.25) is 0 Å². The van der Waals surface area contributed by atoms with E-state index in [-0.39, 0.29) is 6.79 Å². The highest BCUT2D eigenvalue weighted by Crippen LogP contribution is 2.32. The molecule has 0 amide bonds. The van der Waals surface area contributed by atoms with Crippen molar-refractivity contribution in [3.05, 3.63) is 81.6 Å². The molecule has 5 rings (SSSR count). The van der Waals surface area contributed by atoms with E-state index in [2.05, 4.69) is 5.10 Å². The summed E-state index contributed by atoms with van der Waals surface area (Å²) in [5.41, 5.74) is 2.48. The lowest BCUT2D eigenvalue weighted by molar-refractivity contribution is 0.174. The lowest BCUT2D eigenvalue weighted by Crippen LogP contribution is -2.11. The van der Waals surface area contributed by atoms with Gasteiger partial charge in [0.25, 0.3) is 0 Å². The molecule has 29 heavy (non-hydrogen) atoms. The van der Waals surface area contributed by atoms with Crippen molar-refractivity contribution in [2.75, 3.05) is 6.79 Å². The Balaban J connectivity index is 1.58. The molecule has 0 N–H and O–H groups in total. The Morgan fingerprint density at radius 2 is 1.90 bits per heavy atom. The Hall–Kier alpha value is -3.29. The zero-order valence-electron chi connectivity index (χ0n) is 15.0. The normalized spacial score (nSPS) is 13.5. The average Bonchev–Trinajstić information content (AvgIpc) is 3.48. The Morgan fingerprint density at radius 3 is 2.72 bits per heavy atom. The fourth-order valence-corrected chi connectivity index (χ4v) is 3.79. The third-order valence-electron chi connectivity index (χ3n) is 4.23. The second kappa shape index (κ2) is 7.62. The summed E-state index contributed by atoms with van der Waals surface area (Å²) in [6.07, 6.45) is 3.39. The quantitative estimate of drug-likeness (QED) is 0.418. The van der Waals surface area contributed by atoms with Gasteiger partial charge >= 0.3 is 0 Å². The second-order valence-corrected chi connectivity index (χ2v) is 7.41. The molecule has 0 fully saturated rings. The summed E-state index contributed by atoms with van der Waals surface area (Å²) in [7, 11) is 0. The van der Waals surface area contributed by atoms with Crippen molar-refractivity contribution in [2.24, 2.45) is 10.1 Å². The number of hydrogen-bond donors (Lipinski definition) is 0. The number of hydrogen-bond acceptors (Lipinski definition) is 6. The van der Waals surface area contributed by atoms with Gasteiger partial charge in [0.05, 0.1) is 18.2 Å². The van der Waals surface area contributed by atoms with Gasteiger partial charge in [0.1, 0.15) is 5.69 Å². The van der Waals surface area contributed by atoms with Crippen LogP contribution in [0.3, 0.4) is 0 Å². The fraction of sp³-hybridized carbons (Fsp3) is 0.0476. The minimum absolute atomic E-state index is 0.238. The number of benzene rings is 2. The maximum atomic E-state index is 5.98. The van der Waals surface area contributed by atoms with E-state index < -0.39 is 0 Å². The van der Waals surface area contributed by atoms with Crippen LogP contribution in [0, 0.1) is 0 Å². The fourth-order valence-electron chi connectivity index (χ4n) is 2.83. The summed E-state index contributed by atoms with van der Waals surface area (Å²) in [5, 5.41) is 7.29. The predicted molar refractivity (Wildman–Crippen MR) is 112 cm³/mol. The van der Waals surface area contributed by atoms with E-state index in [9.17, 15) is 0 Å². The first-order valence-corrected chi connectivity index (χ1v) is 10.0. The van der Waals surface area contributed by atoms with Crippen molar-refractivity contribution in [3.63, 3.8) is 0 Å². The zero-order chi connectivity index (χ0) is 19.6. The minimum Gasteiger partial charge on any atom is -0.463 e. The van der Waals surface area contributed by atoms with Gasteiger partial charge in [-0.15, -0.1) is 11.3 Å². The van der Waals surface area contributed by atoms with Crippen molar-refractivity contribution >= 4 is 34.8 Å². The van der Waals surface area contributed by atoms with Crippen LogP contribution in [0.5, 0.6) is 11.5 Å². The molecule has 0 atom stereocenters. The van der Waals surface area contributed by atoms with Crippen LogP contribution < -0.4 is 14.3 Å². The Kier molecular flexibility index (Phi) is 4.67. The summed E-state index contributed by atoms with van der Waals surface area (Å²) in [6, 6.07) is 16.8. The van der Waals surface area contributed by atoms with Gasteiger partial charge in [0, 0.05) is 10.4 Å². The monoisotopic (exact) mass is 423 g/mol. The first-order chi connectivity index (χ1) is 14.3. The molecular weight excluding hydrogens is 410 g/mol. The SMILES string of the molecule is Clc1ccc(N=c2scc(-c3ccco3)n2N=Cc2ccc3c(c2)OCO3)cc1. The molecule has 1 aliphatic heterocycles. The number of thiazole rings is 1. The third kappa shape index (κ3) is 3.70. The molecule has 0 aliphatic carbocycles. The molecule has 144 valence electrons. The lowest BCUT2D eigenvalue weighted by atomic mass is 10.2. The van der Waals surface area contributed by atoms with E-state index >= 15 is 0 Å². The number of fused-ring (bicyclic) bond motifs is 1. The average molecular weight is 424 g/mol. The lowest BCUT2D eigenvalue weighted by Gasteiger charge is -2.01. The number of halogens is 1. The van der Waals surface area contributed by atoms with E-state index in [0.717, 1.165) is 22.7 Å². The molecule has 2 aromatic heterocycles. The molecule has 0 radical (unpaired) electrons. The third-order valence-corrected chi connectivity index (χ3v) is 5.30. The maximum Gasteiger partial charge on any atom is 0.231 e. The predicted octanol–water partition coefficient (Wildman–Crippen LogP) is 5.31. The highest BCUT2D eigenvalue weighted by molar-refractivity contribution is 7.07. The second-order valence-electron chi connectivity index (χ2n) is 6.14. The van der Waals surface area contributed by atoms with Gasteiger partial charge in [-0.05, 0) is 60.2 Å². The number of rotatable bonds is 4. The molecule has 2 aromatic carbocycles. The van der Waals surface area contributed by atoms with Crippen LogP contribution in [0.2, 0.25) is 5.02 Å². The van der Waals surface area contributed by atoms with Crippen molar-refractivity contribution in [3.8, 4) is 23.0 Å². The number of nitrogens with zero attached hydrogens (tertiary/aromatic N) is 3. The van der Waals surface area contributed by atoms with Crippen LogP contribution in [0.1, 0.15) is 5.56 Å². The highest BCUT2D eigenvalue weighted by Gasteiger charge is 2.13. The van der Waals surface area contributed by atoms with Crippen molar-refractivity contribution in [1.82, 2.24) is 4.68 Å². The van der Waals surface area contributed by atoms with Gasteiger partial charge in [-0.25, -0.2) is 9.67 Å². The highest BCUT2D eigenvalue weighted by atomic mass is 35.5. The van der Waals surface area contributed by atoms with E-state index in [1.807, 2.05) is 60.0 Å². The van der Waals surface area contributed by atoms with E-state index in [1.165, 1.54) is 11.3 Å². The van der Waals surface area contributed by atoms with Crippen LogP contribution in [-0.2, 0) is 0 Å². The summed E-state index contributed by atoms with van der Waals surface area (Å²) >= 11 is 7.45. The first-order valence-electron chi connectivity index (χ1n) is 8.75. The molecule has 1 aliphatic rings. The Bertz CT molecular complexity index is 1240. The number of ether oxygens (including phenoxy) is 2. The molecule has 3 heterocycles. The molecule has 0 saturated carbocycles. The van der Waals surface area contributed by atoms with Gasteiger partial charge in [0.15, 0.2) is 17.3 Å². The summed E-state index contributed by atoms with van der Waals surface area (Å²) in [4.78, 5) is 5.41. The summed E-state index contributed by atoms with van der Waals surface area (Å²) < 4.78 is 18.1. The molecule has 0 bridgehead atoms. The Labute approximate surface area is 174 Å². The smallest absolute Gasteiger partial charge is 0.231 e. The van der Waals surface area contributed by atoms with Gasteiger partial charge in [-0.1, -0.05) is 11.6 Å². The van der Waals surface area contributed by atoms with Crippen LogP contribution in [0.4, 0.5) is 5.69 Å². The molecule has 0 unspecified atom stereocenters. The molecule has 8 heteroatoms. The standard InChI is InChI=1S/C21H14ClN3O3S/c22-15-4-6-16(7-5-15)24-21-25(17(12-29-21)18-2-1-9-26-18)23-11-14-3-8-19-20(10-14)28-13-27-19/h1-12H,13H2. The number of furan rings is 1.